The maximum absolute atomic E-state index is 13.0. The number of fused-ring (bicyclic) bond motifs is 1. The van der Waals surface area contributed by atoms with Gasteiger partial charge in [0.2, 0.25) is 0 Å². The molecule has 1 aliphatic heterocycles. The Kier molecular flexibility index (Phi) is 5.57. The number of rotatable bonds is 4. The smallest absolute Gasteiger partial charge is 0.321 e. The van der Waals surface area contributed by atoms with Gasteiger partial charge >= 0.3 is 6.03 Å². The molecule has 1 fully saturated rings. The summed E-state index contributed by atoms with van der Waals surface area (Å²) < 4.78 is 0. The summed E-state index contributed by atoms with van der Waals surface area (Å²) in [5, 5.41) is 7.17. The molecular weight excluding hydrogens is 460 g/mol. The lowest BCUT2D eigenvalue weighted by atomic mass is 9.99. The van der Waals surface area contributed by atoms with E-state index in [4.69, 9.17) is 9.97 Å². The molecule has 4 heterocycles. The number of carbonyl (C=O) groups excluding carboxylic acids is 1. The summed E-state index contributed by atoms with van der Waals surface area (Å²) in [4.78, 5) is 27.0. The number of nitrogens with one attached hydrogen (secondary N) is 1. The molecule has 5 nitrogen and oxygen atoms in total. The summed E-state index contributed by atoms with van der Waals surface area (Å²) in [7, 11) is 0. The molecule has 0 aliphatic carbocycles. The minimum Gasteiger partial charge on any atom is -0.324 e. The number of anilines is 1. The number of amides is 2. The van der Waals surface area contributed by atoms with Crippen LogP contribution < -0.4 is 5.32 Å². The van der Waals surface area contributed by atoms with Crippen LogP contribution in [-0.4, -0.2) is 34.0 Å². The summed E-state index contributed by atoms with van der Waals surface area (Å²) in [6, 6.07) is 24.3. The lowest BCUT2D eigenvalue weighted by molar-refractivity contribution is 0.222. The SMILES string of the molecule is O=C(Nc1ccc2nc(-c3cccs3)c(-c3cccs3)nc2c1)N1CC[C@@H](c2ccccc2)C1. The van der Waals surface area contributed by atoms with E-state index in [2.05, 4.69) is 52.5 Å². The van der Waals surface area contributed by atoms with Crippen molar-refractivity contribution in [3.05, 3.63) is 89.1 Å². The van der Waals surface area contributed by atoms with Gasteiger partial charge in [-0.2, -0.15) is 0 Å². The Hall–Kier alpha value is -3.55. The molecule has 34 heavy (non-hydrogen) atoms. The van der Waals surface area contributed by atoms with Crippen LogP contribution in [0.2, 0.25) is 0 Å². The fraction of sp³-hybridized carbons (Fsp3) is 0.148. The summed E-state index contributed by atoms with van der Waals surface area (Å²) in [5.74, 6) is 0.387. The van der Waals surface area contributed by atoms with Crippen molar-refractivity contribution in [2.45, 2.75) is 12.3 Å². The minimum atomic E-state index is -0.0700. The first-order valence-corrected chi connectivity index (χ1v) is 13.0. The number of thiophene rings is 2. The van der Waals surface area contributed by atoms with Crippen LogP contribution in [-0.2, 0) is 0 Å². The molecule has 6 rings (SSSR count). The minimum absolute atomic E-state index is 0.0700. The molecule has 168 valence electrons. The van der Waals surface area contributed by atoms with Crippen LogP contribution in [0.5, 0.6) is 0 Å². The molecule has 5 aromatic rings. The molecule has 0 saturated carbocycles. The van der Waals surface area contributed by atoms with Crippen LogP contribution in [0.15, 0.2) is 83.6 Å². The topological polar surface area (TPSA) is 58.1 Å². The average Bonchev–Trinajstić information content (AvgIpc) is 3.66. The van der Waals surface area contributed by atoms with Gasteiger partial charge in [-0.1, -0.05) is 42.5 Å². The van der Waals surface area contributed by atoms with E-state index < -0.39 is 0 Å². The predicted octanol–water partition coefficient (Wildman–Crippen LogP) is 7.11. The van der Waals surface area contributed by atoms with E-state index in [0.717, 1.165) is 57.4 Å². The third-order valence-corrected chi connectivity index (χ3v) is 7.92. The van der Waals surface area contributed by atoms with Gasteiger partial charge in [0.05, 0.1) is 20.8 Å². The summed E-state index contributed by atoms with van der Waals surface area (Å²) in [6.45, 7) is 1.49. The molecular formula is C27H22N4OS2. The summed E-state index contributed by atoms with van der Waals surface area (Å²) in [6.07, 6.45) is 0.982. The molecule has 3 aromatic heterocycles. The average molecular weight is 483 g/mol. The normalized spacial score (nSPS) is 15.6. The molecule has 0 radical (unpaired) electrons. The van der Waals surface area contributed by atoms with E-state index in [9.17, 15) is 4.79 Å². The Labute approximate surface area is 205 Å². The second kappa shape index (κ2) is 9.00. The van der Waals surface area contributed by atoms with Crippen molar-refractivity contribution < 1.29 is 4.79 Å². The van der Waals surface area contributed by atoms with Gasteiger partial charge in [-0.25, -0.2) is 14.8 Å². The summed E-state index contributed by atoms with van der Waals surface area (Å²) >= 11 is 3.31. The van der Waals surface area contributed by atoms with Gasteiger partial charge in [0.1, 0.15) is 11.4 Å². The van der Waals surface area contributed by atoms with Crippen LogP contribution in [0.1, 0.15) is 17.9 Å². The number of aromatic nitrogens is 2. The van der Waals surface area contributed by atoms with Crippen molar-refractivity contribution >= 4 is 45.4 Å². The zero-order chi connectivity index (χ0) is 22.9. The second-order valence-corrected chi connectivity index (χ2v) is 10.2. The molecule has 0 unspecified atom stereocenters. The zero-order valence-electron chi connectivity index (χ0n) is 18.3. The van der Waals surface area contributed by atoms with Gasteiger partial charge < -0.3 is 10.2 Å². The molecule has 1 atom stereocenters. The lowest BCUT2D eigenvalue weighted by Gasteiger charge is -2.18. The zero-order valence-corrected chi connectivity index (χ0v) is 20.0. The molecule has 1 aliphatic rings. The van der Waals surface area contributed by atoms with E-state index in [1.165, 1.54) is 5.56 Å². The highest BCUT2D eigenvalue weighted by atomic mass is 32.1. The maximum Gasteiger partial charge on any atom is 0.321 e. The molecule has 1 saturated heterocycles. The highest BCUT2D eigenvalue weighted by molar-refractivity contribution is 7.14. The number of likely N-dealkylation sites (tertiary alicyclic amines) is 1. The van der Waals surface area contributed by atoms with Gasteiger partial charge in [0, 0.05) is 24.7 Å². The number of urea groups is 1. The molecule has 0 bridgehead atoms. The highest BCUT2D eigenvalue weighted by Crippen LogP contribution is 2.36. The maximum atomic E-state index is 13.0. The van der Waals surface area contributed by atoms with Crippen LogP contribution in [0, 0.1) is 0 Å². The summed E-state index contributed by atoms with van der Waals surface area (Å²) in [5.41, 5.74) is 5.37. The predicted molar refractivity (Wildman–Crippen MR) is 141 cm³/mol. The van der Waals surface area contributed by atoms with Crippen molar-refractivity contribution in [1.29, 1.82) is 0 Å². The van der Waals surface area contributed by atoms with Crippen LogP contribution in [0.4, 0.5) is 10.5 Å². The van der Waals surface area contributed by atoms with Crippen molar-refractivity contribution in [2.75, 3.05) is 18.4 Å². The second-order valence-electron chi connectivity index (χ2n) is 8.35. The molecule has 2 aromatic carbocycles. The molecule has 0 spiro atoms. The highest BCUT2D eigenvalue weighted by Gasteiger charge is 2.27. The molecule has 7 heteroatoms. The number of hydrogen-bond acceptors (Lipinski definition) is 5. The van der Waals surface area contributed by atoms with Crippen LogP contribution >= 0.6 is 22.7 Å². The quantitative estimate of drug-likeness (QED) is 0.297. The van der Waals surface area contributed by atoms with Crippen molar-refractivity contribution in [3.63, 3.8) is 0 Å². The van der Waals surface area contributed by atoms with Gasteiger partial charge in [-0.3, -0.25) is 0 Å². The van der Waals surface area contributed by atoms with E-state index >= 15 is 0 Å². The lowest BCUT2D eigenvalue weighted by Crippen LogP contribution is -2.32. The number of hydrogen-bond donors (Lipinski definition) is 1. The monoisotopic (exact) mass is 482 g/mol. The van der Waals surface area contributed by atoms with Crippen molar-refractivity contribution in [1.82, 2.24) is 14.9 Å². The van der Waals surface area contributed by atoms with Gasteiger partial charge in [-0.15, -0.1) is 22.7 Å². The van der Waals surface area contributed by atoms with Crippen molar-refractivity contribution in [2.24, 2.45) is 0 Å². The van der Waals surface area contributed by atoms with Crippen molar-refractivity contribution in [3.8, 4) is 21.1 Å². The third kappa shape index (κ3) is 4.08. The van der Waals surface area contributed by atoms with E-state index in [1.807, 2.05) is 41.3 Å². The first-order valence-electron chi connectivity index (χ1n) is 11.2. The number of carbonyl (C=O) groups is 1. The van der Waals surface area contributed by atoms with Crippen LogP contribution in [0.25, 0.3) is 32.2 Å². The third-order valence-electron chi connectivity index (χ3n) is 6.17. The van der Waals surface area contributed by atoms with E-state index in [0.29, 0.717) is 5.92 Å². The fourth-order valence-corrected chi connectivity index (χ4v) is 5.88. The Bertz CT molecular complexity index is 1430. The Morgan fingerprint density at radius 3 is 2.24 bits per heavy atom. The Balaban J connectivity index is 1.26. The number of nitrogens with zero attached hydrogens (tertiary/aromatic N) is 3. The standard InChI is InChI=1S/C27H22N4OS2/c32-27(31-13-12-19(17-31)18-6-2-1-3-7-18)28-20-10-11-21-22(16-20)30-26(24-9-5-15-34-24)25(29-21)23-8-4-14-33-23/h1-11,14-16,19H,12-13,17H2,(H,28,32)/t19-/m1/s1. The Morgan fingerprint density at radius 1 is 0.853 bits per heavy atom. The molecule has 1 N–H and O–H groups in total. The fourth-order valence-electron chi connectivity index (χ4n) is 4.45. The van der Waals surface area contributed by atoms with E-state index in [1.54, 1.807) is 22.7 Å². The van der Waals surface area contributed by atoms with Crippen LogP contribution in [0.3, 0.4) is 0 Å². The van der Waals surface area contributed by atoms with Gasteiger partial charge in [0.15, 0.2) is 0 Å². The van der Waals surface area contributed by atoms with Gasteiger partial charge in [0.25, 0.3) is 0 Å². The Morgan fingerprint density at radius 2 is 1.56 bits per heavy atom. The molecule has 2 amide bonds. The number of benzene rings is 2. The van der Waals surface area contributed by atoms with E-state index in [-0.39, 0.29) is 6.03 Å². The first kappa shape index (κ1) is 21.0. The first-order chi connectivity index (χ1) is 16.7. The largest absolute Gasteiger partial charge is 0.324 e. The van der Waals surface area contributed by atoms with Gasteiger partial charge in [-0.05, 0) is 53.1 Å².